The van der Waals surface area contributed by atoms with E-state index in [9.17, 15) is 0 Å². The SMILES string of the molecule is CC(=C=CC(C)(C)C1OCC(C)(C)CO1)CCC=C(C)C. The molecule has 1 aliphatic rings. The molecule has 120 valence electrons. The highest BCUT2D eigenvalue weighted by atomic mass is 16.7. The van der Waals surface area contributed by atoms with Crippen LogP contribution in [0.15, 0.2) is 29.0 Å². The summed E-state index contributed by atoms with van der Waals surface area (Å²) in [5, 5.41) is 0. The van der Waals surface area contributed by atoms with Crippen molar-refractivity contribution in [2.45, 2.75) is 67.6 Å². The van der Waals surface area contributed by atoms with Gasteiger partial charge in [0.05, 0.1) is 13.2 Å². The molecule has 0 unspecified atom stereocenters. The molecule has 0 spiro atoms. The van der Waals surface area contributed by atoms with Gasteiger partial charge in [-0.1, -0.05) is 39.3 Å². The van der Waals surface area contributed by atoms with Gasteiger partial charge in [-0.05, 0) is 45.3 Å². The van der Waals surface area contributed by atoms with Gasteiger partial charge in [0.15, 0.2) is 6.29 Å². The smallest absolute Gasteiger partial charge is 0.166 e. The number of ether oxygens (including phenoxy) is 2. The molecule has 0 bridgehead atoms. The standard InChI is InChI=1S/C19H32O2/c1-15(2)9-8-10-16(3)11-12-19(6,7)17-20-13-18(4,5)14-21-17/h9,12,17H,8,10,13-14H2,1-7H3. The summed E-state index contributed by atoms with van der Waals surface area (Å²) in [4.78, 5) is 0. The number of hydrogen-bond acceptors (Lipinski definition) is 2. The molecule has 0 radical (unpaired) electrons. The Morgan fingerprint density at radius 3 is 2.29 bits per heavy atom. The van der Waals surface area contributed by atoms with Gasteiger partial charge in [0, 0.05) is 10.8 Å². The molecule has 2 nitrogen and oxygen atoms in total. The summed E-state index contributed by atoms with van der Waals surface area (Å²) in [5.41, 5.74) is 6.02. The summed E-state index contributed by atoms with van der Waals surface area (Å²) >= 11 is 0. The molecule has 0 atom stereocenters. The van der Waals surface area contributed by atoms with Crippen molar-refractivity contribution in [2.75, 3.05) is 13.2 Å². The van der Waals surface area contributed by atoms with Crippen LogP contribution in [0.25, 0.3) is 0 Å². The van der Waals surface area contributed by atoms with E-state index in [1.54, 1.807) is 0 Å². The molecule has 2 heteroatoms. The largest absolute Gasteiger partial charge is 0.351 e. The molecule has 0 aromatic carbocycles. The summed E-state index contributed by atoms with van der Waals surface area (Å²) < 4.78 is 11.8. The Labute approximate surface area is 130 Å². The van der Waals surface area contributed by atoms with E-state index in [0.717, 1.165) is 26.1 Å². The normalized spacial score (nSPS) is 18.8. The predicted molar refractivity (Wildman–Crippen MR) is 89.2 cm³/mol. The number of hydrogen-bond donors (Lipinski definition) is 0. The van der Waals surface area contributed by atoms with Gasteiger partial charge in [-0.2, -0.15) is 0 Å². The minimum absolute atomic E-state index is 0.117. The maximum atomic E-state index is 5.89. The zero-order chi connectivity index (χ0) is 16.1. The lowest BCUT2D eigenvalue weighted by atomic mass is 9.89. The fourth-order valence-electron chi connectivity index (χ4n) is 2.15. The second-order valence-corrected chi connectivity index (χ2v) is 7.83. The van der Waals surface area contributed by atoms with Crippen molar-refractivity contribution in [1.82, 2.24) is 0 Å². The van der Waals surface area contributed by atoms with Gasteiger partial charge in [-0.3, -0.25) is 0 Å². The predicted octanol–water partition coefficient (Wildman–Crippen LogP) is 5.26. The van der Waals surface area contributed by atoms with Gasteiger partial charge >= 0.3 is 0 Å². The molecule has 1 heterocycles. The molecule has 0 aliphatic carbocycles. The summed E-state index contributed by atoms with van der Waals surface area (Å²) in [6, 6.07) is 0. The monoisotopic (exact) mass is 292 g/mol. The molecule has 1 saturated heterocycles. The molecular weight excluding hydrogens is 260 g/mol. The minimum Gasteiger partial charge on any atom is -0.351 e. The van der Waals surface area contributed by atoms with Gasteiger partial charge in [0.1, 0.15) is 0 Å². The molecule has 1 aliphatic heterocycles. The van der Waals surface area contributed by atoms with Gasteiger partial charge < -0.3 is 9.47 Å². The highest BCUT2D eigenvalue weighted by Crippen LogP contribution is 2.33. The summed E-state index contributed by atoms with van der Waals surface area (Å²) in [7, 11) is 0. The molecule has 0 saturated carbocycles. The van der Waals surface area contributed by atoms with E-state index >= 15 is 0 Å². The lowest BCUT2D eigenvalue weighted by molar-refractivity contribution is -0.253. The van der Waals surface area contributed by atoms with E-state index in [2.05, 4.69) is 66.3 Å². The van der Waals surface area contributed by atoms with Crippen LogP contribution in [0.2, 0.25) is 0 Å². The van der Waals surface area contributed by atoms with Crippen LogP contribution < -0.4 is 0 Å². The van der Waals surface area contributed by atoms with Crippen LogP contribution in [0, 0.1) is 10.8 Å². The van der Waals surface area contributed by atoms with E-state index in [1.165, 1.54) is 11.1 Å². The van der Waals surface area contributed by atoms with Crippen LogP contribution in [0.4, 0.5) is 0 Å². The third kappa shape index (κ3) is 6.65. The Morgan fingerprint density at radius 1 is 1.19 bits per heavy atom. The third-order valence-corrected chi connectivity index (χ3v) is 3.62. The van der Waals surface area contributed by atoms with Crippen molar-refractivity contribution >= 4 is 0 Å². The summed E-state index contributed by atoms with van der Waals surface area (Å²) in [5.74, 6) is 0. The highest BCUT2D eigenvalue weighted by Gasteiger charge is 2.36. The fourth-order valence-corrected chi connectivity index (χ4v) is 2.15. The Bertz CT molecular complexity index is 420. The first-order valence-electron chi connectivity index (χ1n) is 7.92. The molecule has 1 fully saturated rings. The highest BCUT2D eigenvalue weighted by molar-refractivity contribution is 5.06. The van der Waals surface area contributed by atoms with Gasteiger partial charge in [-0.25, -0.2) is 0 Å². The van der Waals surface area contributed by atoms with Crippen LogP contribution in [0.3, 0.4) is 0 Å². The van der Waals surface area contributed by atoms with Crippen molar-refractivity contribution in [3.63, 3.8) is 0 Å². The molecule has 0 aromatic heterocycles. The van der Waals surface area contributed by atoms with Gasteiger partial charge in [-0.15, -0.1) is 5.73 Å². The Hall–Kier alpha value is -0.820. The first-order chi connectivity index (χ1) is 9.62. The summed E-state index contributed by atoms with van der Waals surface area (Å²) in [6.45, 7) is 16.5. The zero-order valence-electron chi connectivity index (χ0n) is 14.9. The van der Waals surface area contributed by atoms with E-state index < -0.39 is 0 Å². The Kier molecular flexibility index (Phi) is 6.46. The van der Waals surface area contributed by atoms with Gasteiger partial charge in [0.25, 0.3) is 0 Å². The van der Waals surface area contributed by atoms with E-state index in [-0.39, 0.29) is 17.1 Å². The van der Waals surface area contributed by atoms with Crippen molar-refractivity contribution in [3.05, 3.63) is 29.0 Å². The molecular formula is C19H32O2. The van der Waals surface area contributed by atoms with Crippen LogP contribution in [-0.4, -0.2) is 19.5 Å². The second kappa shape index (κ2) is 7.45. The Morgan fingerprint density at radius 2 is 1.76 bits per heavy atom. The van der Waals surface area contributed by atoms with Crippen LogP contribution in [0.5, 0.6) is 0 Å². The quantitative estimate of drug-likeness (QED) is 0.508. The average molecular weight is 292 g/mol. The molecule has 0 N–H and O–H groups in total. The summed E-state index contributed by atoms with van der Waals surface area (Å²) in [6.07, 6.45) is 6.33. The van der Waals surface area contributed by atoms with Gasteiger partial charge in [0.2, 0.25) is 0 Å². The maximum Gasteiger partial charge on any atom is 0.166 e. The number of allylic oxidation sites excluding steroid dienone is 2. The fraction of sp³-hybridized carbons (Fsp3) is 0.737. The van der Waals surface area contributed by atoms with Crippen molar-refractivity contribution in [1.29, 1.82) is 0 Å². The molecule has 21 heavy (non-hydrogen) atoms. The minimum atomic E-state index is -0.177. The third-order valence-electron chi connectivity index (χ3n) is 3.62. The van der Waals surface area contributed by atoms with Crippen LogP contribution in [-0.2, 0) is 9.47 Å². The molecule has 0 aromatic rings. The molecule has 0 amide bonds. The van der Waals surface area contributed by atoms with Crippen molar-refractivity contribution in [2.24, 2.45) is 10.8 Å². The topological polar surface area (TPSA) is 18.5 Å². The average Bonchev–Trinajstić information content (AvgIpc) is 2.35. The number of rotatable bonds is 5. The first kappa shape index (κ1) is 18.2. The Balaban J connectivity index is 2.62. The van der Waals surface area contributed by atoms with Crippen LogP contribution in [0.1, 0.15) is 61.3 Å². The lowest BCUT2D eigenvalue weighted by Gasteiger charge is -2.40. The maximum absolute atomic E-state index is 5.89. The lowest BCUT2D eigenvalue weighted by Crippen LogP contribution is -2.44. The van der Waals surface area contributed by atoms with E-state index in [0.29, 0.717) is 0 Å². The first-order valence-corrected chi connectivity index (χ1v) is 7.92. The zero-order valence-corrected chi connectivity index (χ0v) is 14.9. The van der Waals surface area contributed by atoms with E-state index in [1.807, 2.05) is 0 Å². The molecule has 1 rings (SSSR count). The van der Waals surface area contributed by atoms with Crippen LogP contribution >= 0.6 is 0 Å². The van der Waals surface area contributed by atoms with E-state index in [4.69, 9.17) is 9.47 Å². The van der Waals surface area contributed by atoms with Crippen molar-refractivity contribution < 1.29 is 9.47 Å². The van der Waals surface area contributed by atoms with Crippen molar-refractivity contribution in [3.8, 4) is 0 Å². The second-order valence-electron chi connectivity index (χ2n) is 7.83.